The summed E-state index contributed by atoms with van der Waals surface area (Å²) in [6.45, 7) is 0. The van der Waals surface area contributed by atoms with Crippen LogP contribution >= 0.6 is 0 Å². The van der Waals surface area contributed by atoms with Crippen molar-refractivity contribution in [3.8, 4) is 0 Å². The molecule has 2 aliphatic rings. The van der Waals surface area contributed by atoms with Crippen LogP contribution in [0.3, 0.4) is 0 Å². The zero-order valence-corrected chi connectivity index (χ0v) is 16.2. The maximum Gasteiger partial charge on any atom is 0.424 e. The Morgan fingerprint density at radius 2 is 1.57 bits per heavy atom. The van der Waals surface area contributed by atoms with Gasteiger partial charge >= 0.3 is 12.4 Å². The highest BCUT2D eigenvalue weighted by Crippen LogP contribution is 2.53. The highest BCUT2D eigenvalue weighted by Gasteiger charge is 2.78. The molecule has 3 nitrogen and oxygen atoms in total. The molecule has 0 radical (unpaired) electrons. The number of aliphatic imine (C=N–C) groups is 1. The number of amidine groups is 1. The van der Waals surface area contributed by atoms with Gasteiger partial charge in [-0.15, -0.1) is 0 Å². The monoisotopic (exact) mass is 438 g/mol. The Balaban J connectivity index is 2.06. The normalized spacial score (nSPS) is 22.9. The smallest absolute Gasteiger partial charge is 0.353 e. The van der Waals surface area contributed by atoms with E-state index in [-0.39, 0.29) is 5.56 Å². The van der Waals surface area contributed by atoms with Gasteiger partial charge in [0.1, 0.15) is 17.4 Å². The van der Waals surface area contributed by atoms with E-state index in [1.165, 1.54) is 0 Å². The third-order valence-corrected chi connectivity index (χ3v) is 5.99. The molecule has 3 rings (SSSR count). The van der Waals surface area contributed by atoms with Gasteiger partial charge in [-0.05, 0) is 37.1 Å². The lowest BCUT2D eigenvalue weighted by molar-refractivity contribution is -0.303. The van der Waals surface area contributed by atoms with E-state index < -0.39 is 53.7 Å². The molecule has 1 fully saturated rings. The van der Waals surface area contributed by atoms with Gasteiger partial charge in [0.2, 0.25) is 0 Å². The van der Waals surface area contributed by atoms with Crippen molar-refractivity contribution in [3.05, 3.63) is 35.6 Å². The molecule has 30 heavy (non-hydrogen) atoms. The molecule has 1 aromatic rings. The second kappa shape index (κ2) is 7.85. The summed E-state index contributed by atoms with van der Waals surface area (Å²) in [5, 5.41) is 0. The number of hydrogen-bond acceptors (Lipinski definition) is 3. The number of hydrogen-bond donors (Lipinski definition) is 0. The van der Waals surface area contributed by atoms with Gasteiger partial charge in [0.15, 0.2) is 0 Å². The molecular weight excluding hydrogens is 417 g/mol. The fourth-order valence-corrected chi connectivity index (χ4v) is 4.35. The third kappa shape index (κ3) is 3.80. The number of carbonyl (C=O) groups excluding carboxylic acids is 1. The molecule has 0 N–H and O–H groups in total. The minimum atomic E-state index is -5.78. The molecule has 1 aliphatic carbocycles. The number of Topliss-reactive ketones (excluding diaryl/α,β-unsaturated/α-hetero) is 1. The van der Waals surface area contributed by atoms with Gasteiger partial charge in [-0.25, -0.2) is 9.38 Å². The quantitative estimate of drug-likeness (QED) is 0.599. The summed E-state index contributed by atoms with van der Waals surface area (Å²) in [4.78, 5) is 16.6. The van der Waals surface area contributed by atoms with Crippen LogP contribution in [0.15, 0.2) is 29.3 Å². The van der Waals surface area contributed by atoms with Gasteiger partial charge in [-0.2, -0.15) is 26.3 Å². The fraction of sp³-hybridized carbons (Fsp3) is 0.600. The van der Waals surface area contributed by atoms with Crippen LogP contribution in [0.1, 0.15) is 44.1 Å². The van der Waals surface area contributed by atoms with Crippen LogP contribution in [0, 0.1) is 11.7 Å². The number of carbonyl (C=O) groups is 1. The molecule has 1 aromatic carbocycles. The van der Waals surface area contributed by atoms with Crippen molar-refractivity contribution in [3.63, 3.8) is 0 Å². The van der Waals surface area contributed by atoms with Crippen molar-refractivity contribution >= 4 is 11.6 Å². The fourth-order valence-electron chi connectivity index (χ4n) is 4.35. The topological polar surface area (TPSA) is 32.7 Å². The Bertz CT molecular complexity index is 794. The van der Waals surface area contributed by atoms with E-state index in [1.54, 1.807) is 0 Å². The molecule has 1 saturated carbocycles. The number of ketones is 1. The van der Waals surface area contributed by atoms with E-state index in [4.69, 9.17) is 0 Å². The molecule has 1 aliphatic heterocycles. The Morgan fingerprint density at radius 1 is 1.03 bits per heavy atom. The van der Waals surface area contributed by atoms with Crippen molar-refractivity contribution in [2.45, 2.75) is 62.5 Å². The van der Waals surface area contributed by atoms with Gasteiger partial charge < -0.3 is 4.90 Å². The largest absolute Gasteiger partial charge is 0.424 e. The Morgan fingerprint density at radius 3 is 2.07 bits per heavy atom. The predicted molar refractivity (Wildman–Crippen MR) is 95.5 cm³/mol. The van der Waals surface area contributed by atoms with Crippen LogP contribution in [-0.2, 0) is 4.79 Å². The average molecular weight is 438 g/mol. The maximum absolute atomic E-state index is 14.0. The molecule has 166 valence electrons. The lowest BCUT2D eigenvalue weighted by Gasteiger charge is -2.38. The molecule has 0 bridgehead atoms. The van der Waals surface area contributed by atoms with Gasteiger partial charge in [0.05, 0.1) is 6.04 Å². The van der Waals surface area contributed by atoms with Crippen molar-refractivity contribution in [2.75, 3.05) is 7.05 Å². The summed E-state index contributed by atoms with van der Waals surface area (Å²) in [5.41, 5.74) is -4.53. The molecular formula is C20H21F7N2O. The Hall–Kier alpha value is -2.13. The van der Waals surface area contributed by atoms with Crippen LogP contribution in [0.4, 0.5) is 30.7 Å². The number of alkyl halides is 6. The zero-order chi connectivity index (χ0) is 22.3. The molecule has 0 amide bonds. The predicted octanol–water partition coefficient (Wildman–Crippen LogP) is 5.29. The van der Waals surface area contributed by atoms with E-state index in [9.17, 15) is 35.5 Å². The molecule has 1 heterocycles. The molecule has 0 saturated heterocycles. The van der Waals surface area contributed by atoms with Gasteiger partial charge in [0.25, 0.3) is 5.54 Å². The summed E-state index contributed by atoms with van der Waals surface area (Å²) in [7, 11) is 1.06. The summed E-state index contributed by atoms with van der Waals surface area (Å²) in [6.07, 6.45) is -9.22. The first-order valence-corrected chi connectivity index (χ1v) is 9.63. The molecule has 10 heteroatoms. The van der Waals surface area contributed by atoms with E-state index in [2.05, 4.69) is 4.99 Å². The highest BCUT2D eigenvalue weighted by atomic mass is 19.4. The second-order valence-electron chi connectivity index (χ2n) is 7.84. The van der Waals surface area contributed by atoms with Crippen molar-refractivity contribution < 1.29 is 35.5 Å². The third-order valence-electron chi connectivity index (χ3n) is 5.99. The number of benzene rings is 1. The number of rotatable bonds is 4. The molecule has 0 aromatic heterocycles. The van der Waals surface area contributed by atoms with E-state index in [0.29, 0.717) is 12.8 Å². The zero-order valence-electron chi connectivity index (χ0n) is 16.2. The Kier molecular flexibility index (Phi) is 5.90. The van der Waals surface area contributed by atoms with Gasteiger partial charge in [-0.3, -0.25) is 4.79 Å². The minimum Gasteiger partial charge on any atom is -0.353 e. The number of nitrogens with zero attached hydrogens (tertiary/aromatic N) is 2. The SMILES string of the molecule is CN1C(c2ccc(F)cc2)=NC(C(F)(F)F)(C(F)(F)F)[C@H]1CC(=O)C1CCCCC1. The van der Waals surface area contributed by atoms with E-state index in [0.717, 1.165) is 55.5 Å². The second-order valence-corrected chi connectivity index (χ2v) is 7.84. The lowest BCUT2D eigenvalue weighted by Crippen LogP contribution is -2.64. The van der Waals surface area contributed by atoms with Crippen molar-refractivity contribution in [2.24, 2.45) is 10.9 Å². The summed E-state index contributed by atoms with van der Waals surface area (Å²) >= 11 is 0. The van der Waals surface area contributed by atoms with Crippen LogP contribution in [0.2, 0.25) is 0 Å². The van der Waals surface area contributed by atoms with Crippen molar-refractivity contribution in [1.82, 2.24) is 4.90 Å². The minimum absolute atomic E-state index is 0.0932. The Labute approximate surface area is 169 Å². The standard InChI is InChI=1S/C20H21F7N2O/c1-29-16(11-15(30)12-5-3-2-4-6-12)18(19(22,23)24,20(25,26)27)28-17(29)13-7-9-14(21)10-8-13/h7-10,12,16H,2-6,11H2,1H3/t16-/m1/s1. The number of likely N-dealkylation sites (N-methyl/N-ethyl adjacent to an activating group) is 1. The molecule has 0 spiro atoms. The van der Waals surface area contributed by atoms with E-state index >= 15 is 0 Å². The first-order valence-electron chi connectivity index (χ1n) is 9.63. The van der Waals surface area contributed by atoms with Crippen LogP contribution in [0.5, 0.6) is 0 Å². The van der Waals surface area contributed by atoms with Crippen LogP contribution in [-0.4, -0.2) is 47.5 Å². The lowest BCUT2D eigenvalue weighted by atomic mass is 9.80. The molecule has 0 unspecified atom stereocenters. The summed E-state index contributed by atoms with van der Waals surface area (Å²) in [5.74, 6) is -2.42. The first-order chi connectivity index (χ1) is 13.9. The van der Waals surface area contributed by atoms with Crippen LogP contribution in [0.25, 0.3) is 0 Å². The van der Waals surface area contributed by atoms with E-state index in [1.807, 2.05) is 0 Å². The number of halogens is 7. The first kappa shape index (κ1) is 22.6. The summed E-state index contributed by atoms with van der Waals surface area (Å²) in [6, 6.07) is 1.71. The van der Waals surface area contributed by atoms with Crippen LogP contribution < -0.4 is 0 Å². The highest BCUT2D eigenvalue weighted by molar-refractivity contribution is 6.01. The van der Waals surface area contributed by atoms with Gasteiger partial charge in [0, 0.05) is 24.9 Å². The maximum atomic E-state index is 14.0. The average Bonchev–Trinajstić information content (AvgIpc) is 2.97. The summed E-state index contributed by atoms with van der Waals surface area (Å²) < 4.78 is 96.9. The van der Waals surface area contributed by atoms with Gasteiger partial charge in [-0.1, -0.05) is 19.3 Å². The van der Waals surface area contributed by atoms with Crippen molar-refractivity contribution in [1.29, 1.82) is 0 Å². The molecule has 1 atom stereocenters.